The second-order valence-electron chi connectivity index (χ2n) is 16.4. The van der Waals surface area contributed by atoms with E-state index in [1.54, 1.807) is 43.6 Å². The number of nitrogens with one attached hydrogen (secondary N) is 4. The third kappa shape index (κ3) is 9.69. The number of imide groups is 1. The van der Waals surface area contributed by atoms with E-state index in [-0.39, 0.29) is 60.9 Å². The number of amides is 4. The quantitative estimate of drug-likeness (QED) is 0.0948. The summed E-state index contributed by atoms with van der Waals surface area (Å²) in [5.41, 5.74) is 1.48. The summed E-state index contributed by atoms with van der Waals surface area (Å²) in [7, 11) is 3.55. The largest absolute Gasteiger partial charge is 0.448 e. The molecule has 18 nitrogen and oxygen atoms in total. The summed E-state index contributed by atoms with van der Waals surface area (Å²) in [4.78, 5) is 73.5. The van der Waals surface area contributed by atoms with Gasteiger partial charge in [-0.3, -0.25) is 33.5 Å². The maximum Gasteiger partial charge on any atom is 0.407 e. The van der Waals surface area contributed by atoms with Crippen molar-refractivity contribution in [2.45, 2.75) is 76.4 Å². The van der Waals surface area contributed by atoms with Crippen LogP contribution in [-0.2, 0) is 27.9 Å². The molecular weight excluding hydrogens is 809 g/mol. The molecule has 1 aliphatic heterocycles. The Hall–Kier alpha value is -6.44. The van der Waals surface area contributed by atoms with Gasteiger partial charge in [-0.1, -0.05) is 6.07 Å². The molecule has 1 unspecified atom stereocenters. The molecule has 0 bridgehead atoms. The van der Waals surface area contributed by atoms with Crippen molar-refractivity contribution in [3.63, 3.8) is 0 Å². The number of hydrogen-bond donors (Lipinski definition) is 4. The number of rotatable bonds is 16. The predicted octanol–water partition coefficient (Wildman–Crippen LogP) is 5.17. The molecule has 4 N–H and O–H groups in total. The van der Waals surface area contributed by atoms with Crippen LogP contribution in [0.15, 0.2) is 58.2 Å². The van der Waals surface area contributed by atoms with Gasteiger partial charge in [-0.25, -0.2) is 28.3 Å². The first kappa shape index (κ1) is 42.3. The lowest BCUT2D eigenvalue weighted by Gasteiger charge is -2.31. The van der Waals surface area contributed by atoms with Crippen LogP contribution in [0, 0.1) is 11.8 Å². The second kappa shape index (κ2) is 18.3. The lowest BCUT2D eigenvalue weighted by molar-refractivity contribution is -0.135. The number of oxazole rings is 1. The summed E-state index contributed by atoms with van der Waals surface area (Å²) in [6.45, 7) is 2.41. The van der Waals surface area contributed by atoms with E-state index in [9.17, 15) is 32.8 Å². The molecule has 1 atom stereocenters. The molecule has 1 saturated heterocycles. The molecule has 1 aromatic carbocycles. The van der Waals surface area contributed by atoms with Crippen LogP contribution in [0.1, 0.15) is 91.6 Å². The third-order valence-corrected chi connectivity index (χ3v) is 11.8. The summed E-state index contributed by atoms with van der Waals surface area (Å²) in [6, 6.07) is 7.85. The molecule has 3 aliphatic rings. The van der Waals surface area contributed by atoms with Gasteiger partial charge in [0.1, 0.15) is 24.7 Å². The first-order valence-corrected chi connectivity index (χ1v) is 20.9. The fourth-order valence-corrected chi connectivity index (χ4v) is 8.17. The van der Waals surface area contributed by atoms with Gasteiger partial charge >= 0.3 is 11.8 Å². The summed E-state index contributed by atoms with van der Waals surface area (Å²) in [5.74, 6) is 0.323. The van der Waals surface area contributed by atoms with E-state index in [0.717, 1.165) is 31.5 Å². The van der Waals surface area contributed by atoms with Gasteiger partial charge in [0.2, 0.25) is 17.7 Å². The Labute approximate surface area is 354 Å². The average molecular weight is 858 g/mol. The molecule has 5 aromatic rings. The number of nitrogens with zero attached hydrogens (tertiary/aromatic N) is 7. The van der Waals surface area contributed by atoms with Gasteiger partial charge in [-0.2, -0.15) is 5.10 Å². The van der Waals surface area contributed by atoms with Crippen LogP contribution >= 0.6 is 0 Å². The highest BCUT2D eigenvalue weighted by atomic mass is 19.3. The molecule has 4 amide bonds. The molecule has 0 radical (unpaired) electrons. The molecule has 2 saturated carbocycles. The van der Waals surface area contributed by atoms with E-state index < -0.39 is 36.1 Å². The van der Waals surface area contributed by atoms with Gasteiger partial charge < -0.3 is 30.0 Å². The summed E-state index contributed by atoms with van der Waals surface area (Å²) in [6.07, 6.45) is 6.67. The van der Waals surface area contributed by atoms with E-state index in [4.69, 9.17) is 9.15 Å². The van der Waals surface area contributed by atoms with Crippen molar-refractivity contribution >= 4 is 46.4 Å². The fraction of sp³-hybridized carbons (Fsp3) is 0.476. The number of imidazole rings is 1. The van der Waals surface area contributed by atoms with Gasteiger partial charge in [0.15, 0.2) is 11.4 Å². The number of anilines is 2. The number of likely N-dealkylation sites (N-methyl/N-ethyl adjacent to an activating group) is 1. The minimum absolute atomic E-state index is 0.0569. The number of pyridine rings is 1. The highest BCUT2D eigenvalue weighted by Crippen LogP contribution is 2.35. The van der Waals surface area contributed by atoms with Crippen LogP contribution in [0.4, 0.5) is 25.1 Å². The molecule has 8 rings (SSSR count). The molecule has 3 fully saturated rings. The zero-order valence-corrected chi connectivity index (χ0v) is 34.4. The number of fused-ring (bicyclic) bond motifs is 1. The number of piperidine rings is 1. The van der Waals surface area contributed by atoms with Crippen molar-refractivity contribution in [1.82, 2.24) is 44.4 Å². The van der Waals surface area contributed by atoms with E-state index >= 15 is 0 Å². The van der Waals surface area contributed by atoms with Crippen molar-refractivity contribution in [3.05, 3.63) is 76.4 Å². The molecule has 2 aliphatic carbocycles. The maximum atomic E-state index is 14.1. The Morgan fingerprint density at radius 3 is 2.58 bits per heavy atom. The van der Waals surface area contributed by atoms with Crippen molar-refractivity contribution in [2.24, 2.45) is 18.9 Å². The Kier molecular flexibility index (Phi) is 12.5. The minimum atomic E-state index is -2.90. The number of halogens is 2. The number of aryl methyl sites for hydroxylation is 1. The molecular formula is C42H49F2N11O7. The summed E-state index contributed by atoms with van der Waals surface area (Å²) < 4.78 is 43.6. The maximum absolute atomic E-state index is 14.1. The molecule has 4 aromatic heterocycles. The van der Waals surface area contributed by atoms with E-state index in [0.29, 0.717) is 53.6 Å². The zero-order valence-electron chi connectivity index (χ0n) is 34.4. The van der Waals surface area contributed by atoms with Crippen molar-refractivity contribution < 1.29 is 37.1 Å². The molecule has 328 valence electrons. The fourth-order valence-electron chi connectivity index (χ4n) is 8.17. The lowest BCUT2D eigenvalue weighted by atomic mass is 9.86. The van der Waals surface area contributed by atoms with Gasteiger partial charge in [-0.15, -0.1) is 0 Å². The van der Waals surface area contributed by atoms with Crippen molar-refractivity contribution in [1.29, 1.82) is 0 Å². The number of alkyl carbamates (subject to hydrolysis) is 1. The Bertz CT molecular complexity index is 2520. The van der Waals surface area contributed by atoms with Gasteiger partial charge in [0.25, 0.3) is 12.3 Å². The van der Waals surface area contributed by atoms with Crippen molar-refractivity contribution in [3.8, 4) is 11.5 Å². The first-order valence-electron chi connectivity index (χ1n) is 20.9. The van der Waals surface area contributed by atoms with Crippen LogP contribution in [0.25, 0.3) is 22.5 Å². The van der Waals surface area contributed by atoms with Gasteiger partial charge in [0, 0.05) is 57.6 Å². The van der Waals surface area contributed by atoms with Crippen LogP contribution in [0.2, 0.25) is 0 Å². The molecule has 20 heteroatoms. The highest BCUT2D eigenvalue weighted by Gasteiger charge is 2.32. The number of aromatic nitrogens is 6. The number of alkyl halides is 2. The summed E-state index contributed by atoms with van der Waals surface area (Å²) >= 11 is 0. The van der Waals surface area contributed by atoms with E-state index in [1.165, 1.54) is 39.1 Å². The smallest absolute Gasteiger partial charge is 0.407 e. The van der Waals surface area contributed by atoms with Gasteiger partial charge in [0.05, 0.1) is 22.8 Å². The summed E-state index contributed by atoms with van der Waals surface area (Å²) in [5, 5.41) is 15.1. The van der Waals surface area contributed by atoms with Crippen LogP contribution in [0.3, 0.4) is 0 Å². The first-order chi connectivity index (χ1) is 29.9. The Morgan fingerprint density at radius 2 is 1.82 bits per heavy atom. The van der Waals surface area contributed by atoms with E-state index in [2.05, 4.69) is 41.2 Å². The van der Waals surface area contributed by atoms with Gasteiger partial charge in [-0.05, 0) is 93.7 Å². The Morgan fingerprint density at radius 1 is 1.03 bits per heavy atom. The molecule has 0 spiro atoms. The van der Waals surface area contributed by atoms with Crippen LogP contribution in [0.5, 0.6) is 0 Å². The lowest BCUT2D eigenvalue weighted by Crippen LogP contribution is -2.44. The number of carbonyl (C=O) groups excluding carboxylic acids is 4. The predicted molar refractivity (Wildman–Crippen MR) is 221 cm³/mol. The zero-order chi connectivity index (χ0) is 43.5. The highest BCUT2D eigenvalue weighted by molar-refractivity contribution is 6.03. The van der Waals surface area contributed by atoms with Crippen LogP contribution < -0.4 is 27.0 Å². The third-order valence-electron chi connectivity index (χ3n) is 11.8. The molecule has 62 heavy (non-hydrogen) atoms. The number of hydrogen-bond acceptors (Lipinski definition) is 12. The average Bonchev–Trinajstić information content (AvgIpc) is 3.67. The minimum Gasteiger partial charge on any atom is -0.448 e. The second-order valence-corrected chi connectivity index (χ2v) is 16.4. The monoisotopic (exact) mass is 857 g/mol. The Balaban J connectivity index is 0.769. The number of benzene rings is 1. The molecule has 5 heterocycles. The number of carbonyl (C=O) groups is 4. The standard InChI is InChI=1S/C42H49F2N11O7/c1-52(15-16-61-41(59)47-20-26-7-10-31-33(17-26)53(2)42(60)55(31)32-11-12-35(56)50-39(32)58)21-25-5-8-28(9-6-25)54-22-29(36(51-54)37(43)44)48-38(57)30-23-62-40(49-30)27-13-14-45-34(18-27)46-19-24-3-4-24/h7,10,13-14,17-18,22-25,28,32,37H,3-6,8-9,11-12,15-16,19-21H2,1-2H3,(H,45,46)(H,47,59)(H,48,57)(H,50,56,58)/t25-,28-,32?. The van der Waals surface area contributed by atoms with Crippen molar-refractivity contribution in [2.75, 3.05) is 43.9 Å². The normalized spacial score (nSPS) is 19.2. The SMILES string of the molecule is CN(CCOC(=O)NCc1ccc2c(c1)n(C)c(=O)n2C1CCC(=O)NC1=O)C[C@H]1CC[C@H](n2cc(NC(=O)c3coc(-c4ccnc(NCC5CC5)c4)n3)c(C(F)F)n2)CC1. The number of ether oxygens (including phenoxy) is 1. The van der Waals surface area contributed by atoms with Crippen LogP contribution in [-0.4, -0.2) is 90.9 Å². The van der Waals surface area contributed by atoms with E-state index in [1.807, 2.05) is 7.05 Å². The topological polar surface area (TPSA) is 213 Å².